The van der Waals surface area contributed by atoms with E-state index in [4.69, 9.17) is 0 Å². The van der Waals surface area contributed by atoms with Gasteiger partial charge in [0, 0.05) is 18.3 Å². The number of phenolic OH excluding ortho intramolecular Hbond substituents is 1. The van der Waals surface area contributed by atoms with Gasteiger partial charge in [0.1, 0.15) is 5.75 Å². The second kappa shape index (κ2) is 5.29. The minimum absolute atomic E-state index is 0.0774. The lowest BCUT2D eigenvalue weighted by Gasteiger charge is -2.17. The van der Waals surface area contributed by atoms with E-state index in [1.165, 1.54) is 0 Å². The molecule has 104 valence electrons. The molecule has 0 spiro atoms. The Bertz CT molecular complexity index is 794. The molecule has 3 rings (SSSR count). The van der Waals surface area contributed by atoms with Gasteiger partial charge in [0.2, 0.25) is 0 Å². The highest BCUT2D eigenvalue weighted by atomic mass is 16.3. The van der Waals surface area contributed by atoms with E-state index in [9.17, 15) is 9.90 Å². The lowest BCUT2D eigenvalue weighted by atomic mass is 10.1. The first kappa shape index (κ1) is 13.2. The maximum Gasteiger partial charge on any atom is 0.258 e. The van der Waals surface area contributed by atoms with Crippen LogP contribution >= 0.6 is 0 Å². The summed E-state index contributed by atoms with van der Waals surface area (Å²) >= 11 is 0. The van der Waals surface area contributed by atoms with Crippen molar-refractivity contribution in [2.45, 2.75) is 0 Å². The number of phenols is 1. The number of anilines is 1. The van der Waals surface area contributed by atoms with Crippen LogP contribution in [0.2, 0.25) is 0 Å². The van der Waals surface area contributed by atoms with Gasteiger partial charge < -0.3 is 10.0 Å². The molecule has 0 heterocycles. The Balaban J connectivity index is 1.94. The summed E-state index contributed by atoms with van der Waals surface area (Å²) in [7, 11) is 1.73. The number of rotatable bonds is 2. The maximum atomic E-state index is 12.5. The van der Waals surface area contributed by atoms with Crippen molar-refractivity contribution in [3.8, 4) is 5.75 Å². The number of hydrogen-bond acceptors (Lipinski definition) is 2. The van der Waals surface area contributed by atoms with Crippen molar-refractivity contribution in [1.82, 2.24) is 0 Å². The zero-order valence-electron chi connectivity index (χ0n) is 11.7. The van der Waals surface area contributed by atoms with Gasteiger partial charge in [0.15, 0.2) is 0 Å². The molecule has 0 radical (unpaired) electrons. The van der Waals surface area contributed by atoms with Gasteiger partial charge in [-0.15, -0.1) is 0 Å². The van der Waals surface area contributed by atoms with Crippen molar-refractivity contribution in [3.63, 3.8) is 0 Å². The van der Waals surface area contributed by atoms with Crippen LogP contribution in [0, 0.1) is 0 Å². The lowest BCUT2D eigenvalue weighted by Crippen LogP contribution is -2.26. The number of fused-ring (bicyclic) bond motifs is 1. The third-order valence-corrected chi connectivity index (χ3v) is 3.54. The molecule has 0 saturated carbocycles. The lowest BCUT2D eigenvalue weighted by molar-refractivity contribution is 0.0993. The molecule has 1 N–H and O–H groups in total. The minimum atomic E-state index is -0.0774. The monoisotopic (exact) mass is 277 g/mol. The van der Waals surface area contributed by atoms with E-state index >= 15 is 0 Å². The molecule has 0 aliphatic carbocycles. The Morgan fingerprint density at radius 3 is 2.29 bits per heavy atom. The Labute approximate surface area is 123 Å². The van der Waals surface area contributed by atoms with Crippen LogP contribution in [0.15, 0.2) is 66.7 Å². The third-order valence-electron chi connectivity index (χ3n) is 3.54. The topological polar surface area (TPSA) is 40.5 Å². The summed E-state index contributed by atoms with van der Waals surface area (Å²) in [6.07, 6.45) is 0. The van der Waals surface area contributed by atoms with Crippen LogP contribution in [0.1, 0.15) is 10.4 Å². The molecule has 0 fully saturated rings. The predicted molar refractivity (Wildman–Crippen MR) is 84.8 cm³/mol. The highest BCUT2D eigenvalue weighted by Crippen LogP contribution is 2.21. The second-order valence-corrected chi connectivity index (χ2v) is 4.94. The average molecular weight is 277 g/mol. The molecule has 0 aliphatic heterocycles. The molecule has 3 nitrogen and oxygen atoms in total. The Morgan fingerprint density at radius 2 is 1.57 bits per heavy atom. The first-order valence-corrected chi connectivity index (χ1v) is 6.71. The number of aromatic hydroxyl groups is 1. The zero-order chi connectivity index (χ0) is 14.8. The van der Waals surface area contributed by atoms with Crippen molar-refractivity contribution >= 4 is 22.4 Å². The van der Waals surface area contributed by atoms with Crippen LogP contribution in [-0.2, 0) is 0 Å². The van der Waals surface area contributed by atoms with Gasteiger partial charge >= 0.3 is 0 Å². The van der Waals surface area contributed by atoms with Crippen LogP contribution < -0.4 is 4.90 Å². The first-order valence-electron chi connectivity index (χ1n) is 6.71. The number of carbonyl (C=O) groups is 1. The summed E-state index contributed by atoms with van der Waals surface area (Å²) in [4.78, 5) is 14.1. The van der Waals surface area contributed by atoms with Gasteiger partial charge in [-0.3, -0.25) is 4.79 Å². The maximum absolute atomic E-state index is 12.5. The quantitative estimate of drug-likeness (QED) is 0.773. The number of hydrogen-bond donors (Lipinski definition) is 1. The normalized spacial score (nSPS) is 10.5. The van der Waals surface area contributed by atoms with Crippen LogP contribution in [-0.4, -0.2) is 18.1 Å². The van der Waals surface area contributed by atoms with Gasteiger partial charge in [0.25, 0.3) is 5.91 Å². The number of amides is 1. The van der Waals surface area contributed by atoms with Crippen LogP contribution in [0.4, 0.5) is 5.69 Å². The highest BCUT2D eigenvalue weighted by molar-refractivity contribution is 6.07. The molecule has 3 aromatic rings. The Morgan fingerprint density at radius 1 is 0.905 bits per heavy atom. The van der Waals surface area contributed by atoms with Gasteiger partial charge in [-0.1, -0.05) is 30.3 Å². The smallest absolute Gasteiger partial charge is 0.258 e. The molecule has 1 amide bonds. The van der Waals surface area contributed by atoms with E-state index in [0.29, 0.717) is 5.56 Å². The fourth-order valence-corrected chi connectivity index (χ4v) is 2.31. The summed E-state index contributed by atoms with van der Waals surface area (Å²) in [6, 6.07) is 20.2. The first-order chi connectivity index (χ1) is 10.1. The van der Waals surface area contributed by atoms with E-state index in [2.05, 4.69) is 0 Å². The molecular formula is C18H15NO2. The van der Waals surface area contributed by atoms with Crippen molar-refractivity contribution in [2.24, 2.45) is 0 Å². The third kappa shape index (κ3) is 2.58. The molecule has 0 aromatic heterocycles. The van der Waals surface area contributed by atoms with Crippen LogP contribution in [0.3, 0.4) is 0 Å². The Hall–Kier alpha value is -2.81. The standard InChI is InChI=1S/C18H15NO2/c1-19(16-8-10-17(20)11-9-16)18(21)15-7-6-13-4-2-3-5-14(13)12-15/h2-12,20H,1H3. The SMILES string of the molecule is CN(C(=O)c1ccc2ccccc2c1)c1ccc(O)cc1. The fraction of sp³-hybridized carbons (Fsp3) is 0.0556. The van der Waals surface area contributed by atoms with Gasteiger partial charge in [-0.25, -0.2) is 0 Å². The van der Waals surface area contributed by atoms with Gasteiger partial charge in [-0.05, 0) is 47.2 Å². The molecule has 3 heteroatoms. The van der Waals surface area contributed by atoms with Gasteiger partial charge in [-0.2, -0.15) is 0 Å². The van der Waals surface area contributed by atoms with Crippen molar-refractivity contribution in [2.75, 3.05) is 11.9 Å². The van der Waals surface area contributed by atoms with Crippen LogP contribution in [0.25, 0.3) is 10.8 Å². The highest BCUT2D eigenvalue weighted by Gasteiger charge is 2.13. The predicted octanol–water partition coefficient (Wildman–Crippen LogP) is 3.82. The molecule has 0 aliphatic rings. The summed E-state index contributed by atoms with van der Waals surface area (Å²) < 4.78 is 0. The minimum Gasteiger partial charge on any atom is -0.508 e. The van der Waals surface area contributed by atoms with Crippen molar-refractivity contribution in [3.05, 3.63) is 72.3 Å². The molecule has 0 atom stereocenters. The van der Waals surface area contributed by atoms with E-state index in [-0.39, 0.29) is 11.7 Å². The largest absolute Gasteiger partial charge is 0.508 e. The molecule has 3 aromatic carbocycles. The summed E-state index contributed by atoms with van der Waals surface area (Å²) in [6.45, 7) is 0. The average Bonchev–Trinajstić information content (AvgIpc) is 2.54. The molecule has 21 heavy (non-hydrogen) atoms. The summed E-state index contributed by atoms with van der Waals surface area (Å²) in [5.41, 5.74) is 1.38. The second-order valence-electron chi connectivity index (χ2n) is 4.94. The summed E-state index contributed by atoms with van der Waals surface area (Å²) in [5.74, 6) is 0.108. The van der Waals surface area contributed by atoms with E-state index in [1.807, 2.05) is 42.5 Å². The molecule has 0 bridgehead atoms. The van der Waals surface area contributed by atoms with E-state index < -0.39 is 0 Å². The van der Waals surface area contributed by atoms with E-state index in [1.54, 1.807) is 36.2 Å². The van der Waals surface area contributed by atoms with Crippen molar-refractivity contribution in [1.29, 1.82) is 0 Å². The number of carbonyl (C=O) groups excluding carboxylic acids is 1. The fourth-order valence-electron chi connectivity index (χ4n) is 2.31. The zero-order valence-corrected chi connectivity index (χ0v) is 11.7. The molecule has 0 unspecified atom stereocenters. The molecular weight excluding hydrogens is 262 g/mol. The van der Waals surface area contributed by atoms with E-state index in [0.717, 1.165) is 16.5 Å². The Kier molecular flexibility index (Phi) is 3.32. The number of benzene rings is 3. The summed E-state index contributed by atoms with van der Waals surface area (Å²) in [5, 5.41) is 11.5. The van der Waals surface area contributed by atoms with Gasteiger partial charge in [0.05, 0.1) is 0 Å². The van der Waals surface area contributed by atoms with Crippen LogP contribution in [0.5, 0.6) is 5.75 Å². The number of nitrogens with zero attached hydrogens (tertiary/aromatic N) is 1. The van der Waals surface area contributed by atoms with Crippen molar-refractivity contribution < 1.29 is 9.90 Å². The molecule has 0 saturated heterocycles.